The summed E-state index contributed by atoms with van der Waals surface area (Å²) in [5.74, 6) is -0.481. The molecule has 0 bridgehead atoms. The highest BCUT2D eigenvalue weighted by molar-refractivity contribution is 7.89. The lowest BCUT2D eigenvalue weighted by atomic mass is 10.1. The average Bonchev–Trinajstić information content (AvgIpc) is 3.11. The van der Waals surface area contributed by atoms with Crippen molar-refractivity contribution in [2.45, 2.75) is 51.5 Å². The van der Waals surface area contributed by atoms with Gasteiger partial charge >= 0.3 is 0 Å². The maximum atomic E-state index is 13.4. The molecule has 0 radical (unpaired) electrons. The Morgan fingerprint density at radius 2 is 1.72 bits per heavy atom. The van der Waals surface area contributed by atoms with E-state index in [1.54, 1.807) is 38.1 Å². The molecule has 29 heavy (non-hydrogen) atoms. The number of amides is 1. The third-order valence-electron chi connectivity index (χ3n) is 5.21. The molecule has 1 saturated heterocycles. The number of hydrogen-bond donors (Lipinski definition) is 1. The van der Waals surface area contributed by atoms with E-state index in [-0.39, 0.29) is 16.6 Å². The maximum absolute atomic E-state index is 13.4. The first-order chi connectivity index (χ1) is 13.6. The number of hydrogen-bond acceptors (Lipinski definition) is 4. The lowest BCUT2D eigenvalue weighted by Crippen LogP contribution is -2.43. The first-order valence-corrected chi connectivity index (χ1v) is 11.1. The Morgan fingerprint density at radius 3 is 2.34 bits per heavy atom. The Kier molecular flexibility index (Phi) is 5.91. The predicted molar refractivity (Wildman–Crippen MR) is 113 cm³/mol. The van der Waals surface area contributed by atoms with Gasteiger partial charge in [0.25, 0.3) is 0 Å². The van der Waals surface area contributed by atoms with E-state index in [1.807, 2.05) is 19.1 Å². The number of nitrogens with one attached hydrogen (secondary N) is 1. The number of aryl methyl sites for hydroxylation is 3. The van der Waals surface area contributed by atoms with Crippen molar-refractivity contribution in [3.05, 3.63) is 58.7 Å². The minimum Gasteiger partial charge on any atom is -0.325 e. The summed E-state index contributed by atoms with van der Waals surface area (Å²) < 4.78 is 28.1. The van der Waals surface area contributed by atoms with Crippen LogP contribution in [0.15, 0.2) is 41.3 Å². The largest absolute Gasteiger partial charge is 0.325 e. The van der Waals surface area contributed by atoms with Crippen molar-refractivity contribution in [3.63, 3.8) is 0 Å². The summed E-state index contributed by atoms with van der Waals surface area (Å²) in [7, 11) is -3.81. The van der Waals surface area contributed by atoms with Crippen LogP contribution in [0, 0.1) is 20.8 Å². The average molecular weight is 415 g/mol. The van der Waals surface area contributed by atoms with Crippen molar-refractivity contribution < 1.29 is 18.0 Å². The summed E-state index contributed by atoms with van der Waals surface area (Å²) in [5.41, 5.74) is 3.34. The molecule has 0 aromatic heterocycles. The van der Waals surface area contributed by atoms with Crippen LogP contribution in [-0.2, 0) is 14.8 Å². The molecule has 2 aromatic carbocycles. The Bertz CT molecular complexity index is 1050. The Morgan fingerprint density at radius 1 is 1.07 bits per heavy atom. The van der Waals surface area contributed by atoms with Gasteiger partial charge in [0.15, 0.2) is 5.78 Å². The fourth-order valence-corrected chi connectivity index (χ4v) is 6.09. The number of carbonyl (C=O) groups excluding carboxylic acids is 2. The zero-order valence-electron chi connectivity index (χ0n) is 17.2. The number of anilines is 1. The van der Waals surface area contributed by atoms with Gasteiger partial charge in [0.05, 0.1) is 4.90 Å². The van der Waals surface area contributed by atoms with Gasteiger partial charge in [-0.2, -0.15) is 4.31 Å². The second-order valence-electron chi connectivity index (χ2n) is 7.63. The Labute approximate surface area is 172 Å². The third-order valence-corrected chi connectivity index (χ3v) is 7.43. The molecule has 0 unspecified atom stereocenters. The number of sulfonamides is 1. The molecule has 1 aliphatic heterocycles. The van der Waals surface area contributed by atoms with Crippen LogP contribution in [0.2, 0.25) is 0 Å². The minimum absolute atomic E-state index is 0.100. The van der Waals surface area contributed by atoms with E-state index in [9.17, 15) is 18.0 Å². The van der Waals surface area contributed by atoms with Crippen LogP contribution in [0.1, 0.15) is 46.8 Å². The number of nitrogens with zero attached hydrogens (tertiary/aromatic N) is 1. The SMILES string of the molecule is CC(=O)c1cccc(NC(=O)[C@@H]2CCCN2S(=O)(=O)c2c(C)cc(C)cc2C)c1. The van der Waals surface area contributed by atoms with Crippen LogP contribution in [0.25, 0.3) is 0 Å². The molecule has 1 fully saturated rings. The molecule has 1 aliphatic rings. The van der Waals surface area contributed by atoms with Crippen LogP contribution in [0.4, 0.5) is 5.69 Å². The summed E-state index contributed by atoms with van der Waals surface area (Å²) in [5, 5.41) is 2.77. The smallest absolute Gasteiger partial charge is 0.244 e. The topological polar surface area (TPSA) is 83.6 Å². The molecule has 0 aliphatic carbocycles. The molecule has 154 valence electrons. The van der Waals surface area contributed by atoms with Crippen LogP contribution >= 0.6 is 0 Å². The molecule has 2 aromatic rings. The first-order valence-electron chi connectivity index (χ1n) is 9.63. The lowest BCUT2D eigenvalue weighted by molar-refractivity contribution is -0.119. The molecular formula is C22H26N2O4S. The van der Waals surface area contributed by atoms with E-state index in [1.165, 1.54) is 11.2 Å². The van der Waals surface area contributed by atoms with Crippen molar-refractivity contribution >= 4 is 27.4 Å². The number of rotatable bonds is 5. The van der Waals surface area contributed by atoms with E-state index in [2.05, 4.69) is 5.32 Å². The molecule has 1 N–H and O–H groups in total. The first kappa shape index (κ1) is 21.2. The fraction of sp³-hybridized carbons (Fsp3) is 0.364. The predicted octanol–water partition coefficient (Wildman–Crippen LogP) is 3.61. The van der Waals surface area contributed by atoms with E-state index in [0.29, 0.717) is 41.8 Å². The van der Waals surface area contributed by atoms with Gasteiger partial charge < -0.3 is 5.32 Å². The van der Waals surface area contributed by atoms with Crippen molar-refractivity contribution in [1.82, 2.24) is 4.31 Å². The molecule has 7 heteroatoms. The molecule has 0 saturated carbocycles. The van der Waals surface area contributed by atoms with Gasteiger partial charge in [-0.3, -0.25) is 9.59 Å². The van der Waals surface area contributed by atoms with Crippen molar-refractivity contribution in [3.8, 4) is 0 Å². The summed E-state index contributed by atoms with van der Waals surface area (Å²) in [6.07, 6.45) is 1.08. The number of carbonyl (C=O) groups is 2. The highest BCUT2D eigenvalue weighted by Gasteiger charge is 2.40. The lowest BCUT2D eigenvalue weighted by Gasteiger charge is -2.25. The van der Waals surface area contributed by atoms with Crippen LogP contribution in [0.3, 0.4) is 0 Å². The second-order valence-corrected chi connectivity index (χ2v) is 9.46. The zero-order chi connectivity index (χ0) is 21.3. The summed E-state index contributed by atoms with van der Waals surface area (Å²) in [4.78, 5) is 24.8. The van der Waals surface area contributed by atoms with Crippen LogP contribution in [0.5, 0.6) is 0 Å². The number of ketones is 1. The maximum Gasteiger partial charge on any atom is 0.244 e. The Balaban J connectivity index is 1.89. The molecular weight excluding hydrogens is 388 g/mol. The van der Waals surface area contributed by atoms with E-state index < -0.39 is 16.1 Å². The molecule has 6 nitrogen and oxygen atoms in total. The van der Waals surface area contributed by atoms with Crippen molar-refractivity contribution in [2.75, 3.05) is 11.9 Å². The Hall–Kier alpha value is -2.51. The second kappa shape index (κ2) is 8.08. The molecule has 3 rings (SSSR count). The standard InChI is InChI=1S/C22H26N2O4S/c1-14-11-15(2)21(16(3)12-14)29(27,28)24-10-6-9-20(24)22(26)23-19-8-5-7-18(13-19)17(4)25/h5,7-8,11-13,20H,6,9-10H2,1-4H3,(H,23,26)/t20-/m0/s1. The highest BCUT2D eigenvalue weighted by atomic mass is 32.2. The van der Waals surface area contributed by atoms with Gasteiger partial charge in [-0.05, 0) is 63.8 Å². The van der Waals surface area contributed by atoms with Gasteiger partial charge in [-0.1, -0.05) is 29.8 Å². The monoisotopic (exact) mass is 414 g/mol. The third kappa shape index (κ3) is 4.26. The summed E-state index contributed by atoms with van der Waals surface area (Å²) >= 11 is 0. The van der Waals surface area contributed by atoms with E-state index >= 15 is 0 Å². The van der Waals surface area contributed by atoms with E-state index in [0.717, 1.165) is 5.56 Å². The minimum atomic E-state index is -3.81. The van der Waals surface area contributed by atoms with Gasteiger partial charge in [-0.25, -0.2) is 8.42 Å². The number of Topliss-reactive ketones (excluding diaryl/α,β-unsaturated/α-hetero) is 1. The normalized spacial score (nSPS) is 17.3. The zero-order valence-corrected chi connectivity index (χ0v) is 18.0. The molecule has 0 spiro atoms. The molecule has 1 amide bonds. The summed E-state index contributed by atoms with van der Waals surface area (Å²) in [6.45, 7) is 7.26. The van der Waals surface area contributed by atoms with Crippen molar-refractivity contribution in [1.29, 1.82) is 0 Å². The van der Waals surface area contributed by atoms with Crippen molar-refractivity contribution in [2.24, 2.45) is 0 Å². The summed E-state index contributed by atoms with van der Waals surface area (Å²) in [6, 6.07) is 9.56. The quantitative estimate of drug-likeness (QED) is 0.758. The van der Waals surface area contributed by atoms with Gasteiger partial charge in [0.1, 0.15) is 6.04 Å². The van der Waals surface area contributed by atoms with Crippen LogP contribution < -0.4 is 5.32 Å². The molecule has 1 atom stereocenters. The van der Waals surface area contributed by atoms with Crippen LogP contribution in [-0.4, -0.2) is 37.0 Å². The fourth-order valence-electron chi connectivity index (χ4n) is 4.02. The van der Waals surface area contributed by atoms with E-state index in [4.69, 9.17) is 0 Å². The van der Waals surface area contributed by atoms with Gasteiger partial charge in [0.2, 0.25) is 15.9 Å². The molecule has 1 heterocycles. The van der Waals surface area contributed by atoms with Gasteiger partial charge in [0, 0.05) is 17.8 Å². The highest BCUT2D eigenvalue weighted by Crippen LogP contribution is 2.31. The van der Waals surface area contributed by atoms with Gasteiger partial charge in [-0.15, -0.1) is 0 Å². The number of benzene rings is 2.